The van der Waals surface area contributed by atoms with Gasteiger partial charge in [0.2, 0.25) is 5.15 Å². The van der Waals surface area contributed by atoms with Crippen LogP contribution in [-0.2, 0) is 4.74 Å². The summed E-state index contributed by atoms with van der Waals surface area (Å²) in [6.45, 7) is 5.81. The number of anilines is 1. The molecule has 2 saturated heterocycles. The second-order valence-corrected chi connectivity index (χ2v) is 10.2. The molecule has 12 heteroatoms. The van der Waals surface area contributed by atoms with Crippen molar-refractivity contribution in [1.29, 1.82) is 0 Å². The van der Waals surface area contributed by atoms with Gasteiger partial charge in [-0.15, -0.1) is 0 Å². The molecule has 3 atom stereocenters. The van der Waals surface area contributed by atoms with E-state index < -0.39 is 33.3 Å². The quantitative estimate of drug-likeness (QED) is 0.232. The van der Waals surface area contributed by atoms with Crippen molar-refractivity contribution in [3.8, 4) is 0 Å². The number of nitrogens with one attached hydrogen (secondary N) is 1. The Kier molecular flexibility index (Phi) is 5.46. The van der Waals surface area contributed by atoms with Crippen molar-refractivity contribution in [1.82, 2.24) is 9.88 Å². The first-order valence-corrected chi connectivity index (χ1v) is 11.0. The number of hydrogen-bond donors (Lipinski definition) is 1. The summed E-state index contributed by atoms with van der Waals surface area (Å²) in [5, 5.41) is 14.6. The molecule has 166 valence electrons. The minimum Gasteiger partial charge on any atom is -0.444 e. The Morgan fingerprint density at radius 3 is 2.74 bits per heavy atom. The number of nitrogens with zero attached hydrogens (tertiary/aromatic N) is 3. The lowest BCUT2D eigenvalue weighted by Gasteiger charge is -2.37. The topological polar surface area (TPSA) is 97.6 Å². The summed E-state index contributed by atoms with van der Waals surface area (Å²) >= 11 is 15.2. The fraction of sp³-hybridized carbons (Fsp3) is 0.474. The zero-order valence-corrected chi connectivity index (χ0v) is 19.8. The first-order chi connectivity index (χ1) is 14.4. The van der Waals surface area contributed by atoms with E-state index in [-0.39, 0.29) is 44.1 Å². The van der Waals surface area contributed by atoms with E-state index in [4.69, 9.17) is 27.9 Å². The van der Waals surface area contributed by atoms with E-state index in [0.717, 1.165) is 6.42 Å². The van der Waals surface area contributed by atoms with E-state index in [1.54, 1.807) is 25.7 Å². The molecule has 1 saturated carbocycles. The molecule has 2 aliphatic heterocycles. The van der Waals surface area contributed by atoms with Crippen molar-refractivity contribution >= 4 is 67.5 Å². The van der Waals surface area contributed by atoms with E-state index in [0.29, 0.717) is 6.54 Å². The van der Waals surface area contributed by atoms with Gasteiger partial charge >= 0.3 is 11.8 Å². The fourth-order valence-corrected chi connectivity index (χ4v) is 4.85. The third-order valence-electron chi connectivity index (χ3n) is 5.47. The molecule has 31 heavy (non-hydrogen) atoms. The van der Waals surface area contributed by atoms with Crippen molar-refractivity contribution < 1.29 is 18.8 Å². The predicted octanol–water partition coefficient (Wildman–Crippen LogP) is 5.77. The second-order valence-electron chi connectivity index (χ2n) is 8.63. The van der Waals surface area contributed by atoms with Crippen LogP contribution in [0.4, 0.5) is 20.6 Å². The molecular formula is C19H18BrCl2FN4O4. The molecule has 3 heterocycles. The molecule has 1 amide bonds. The van der Waals surface area contributed by atoms with Gasteiger partial charge in [-0.3, -0.25) is 10.1 Å². The summed E-state index contributed by atoms with van der Waals surface area (Å²) in [5.41, 5.74) is -1.23. The largest absolute Gasteiger partial charge is 0.444 e. The van der Waals surface area contributed by atoms with E-state index >= 15 is 0 Å². The Morgan fingerprint density at radius 2 is 2.13 bits per heavy atom. The van der Waals surface area contributed by atoms with Gasteiger partial charge < -0.3 is 15.0 Å². The number of benzene rings is 1. The summed E-state index contributed by atoms with van der Waals surface area (Å²) in [7, 11) is 0. The molecule has 2 aromatic rings. The van der Waals surface area contributed by atoms with Gasteiger partial charge in [-0.1, -0.05) is 23.2 Å². The van der Waals surface area contributed by atoms with Crippen LogP contribution < -0.4 is 5.32 Å². The molecule has 1 aliphatic carbocycles. The number of pyridine rings is 1. The number of carbonyl (C=O) groups is 1. The van der Waals surface area contributed by atoms with Crippen molar-refractivity contribution in [3.63, 3.8) is 0 Å². The van der Waals surface area contributed by atoms with E-state index in [9.17, 15) is 19.3 Å². The molecule has 1 aromatic carbocycles. The molecule has 0 spiro atoms. The molecule has 0 radical (unpaired) electrons. The van der Waals surface area contributed by atoms with Gasteiger partial charge in [0.05, 0.1) is 26.5 Å². The molecule has 1 N–H and O–H groups in total. The summed E-state index contributed by atoms with van der Waals surface area (Å²) in [4.78, 5) is 29.1. The number of hydrogen-bond acceptors (Lipinski definition) is 6. The van der Waals surface area contributed by atoms with Gasteiger partial charge in [-0.25, -0.2) is 14.2 Å². The Hall–Kier alpha value is -1.91. The summed E-state index contributed by atoms with van der Waals surface area (Å²) in [6, 6.07) is 0.908. The summed E-state index contributed by atoms with van der Waals surface area (Å²) in [6.07, 6.45) is 0.303. The number of ether oxygens (including phenoxy) is 1. The maximum absolute atomic E-state index is 14.8. The average molecular weight is 536 g/mol. The highest BCUT2D eigenvalue weighted by molar-refractivity contribution is 9.10. The van der Waals surface area contributed by atoms with Crippen molar-refractivity contribution in [2.24, 2.45) is 5.92 Å². The Labute approximate surface area is 195 Å². The zero-order valence-electron chi connectivity index (χ0n) is 16.7. The lowest BCUT2D eigenvalue weighted by Crippen LogP contribution is -2.50. The summed E-state index contributed by atoms with van der Waals surface area (Å²) in [5.74, 6) is -0.704. The van der Waals surface area contributed by atoms with Crippen molar-refractivity contribution in [2.75, 3.05) is 11.9 Å². The molecule has 2 bridgehead atoms. The number of rotatable bonds is 3. The van der Waals surface area contributed by atoms with Gasteiger partial charge in [0.15, 0.2) is 5.82 Å². The standard InChI is InChI=1S/C19H18BrCl2FN4O4/c1-19(2,3)31-18(28)26-6-7-4-10(26)13(7)24-15-8-5-9(21)11(20)12(23)14(8)25-17(22)16(15)27(29)30/h5,7,10,13H,4,6H2,1-3H3,(H,24,25). The SMILES string of the molecule is CC(C)(C)OC(=O)N1CC2CC1C2Nc1c([N+](=O)[O-])c(Cl)nc2c(F)c(Br)c(Cl)cc12. The monoisotopic (exact) mass is 534 g/mol. The Morgan fingerprint density at radius 1 is 1.45 bits per heavy atom. The number of halogens is 4. The lowest BCUT2D eigenvalue weighted by molar-refractivity contribution is -0.384. The van der Waals surface area contributed by atoms with Gasteiger partial charge in [0, 0.05) is 17.8 Å². The van der Waals surface area contributed by atoms with Crippen molar-refractivity contribution in [3.05, 3.63) is 36.6 Å². The zero-order chi connectivity index (χ0) is 22.8. The van der Waals surface area contributed by atoms with Crippen LogP contribution in [0.3, 0.4) is 0 Å². The summed E-state index contributed by atoms with van der Waals surface area (Å²) < 4.78 is 20.2. The smallest absolute Gasteiger partial charge is 0.410 e. The lowest BCUT2D eigenvalue weighted by atomic mass is 9.79. The van der Waals surface area contributed by atoms with Gasteiger partial charge in [-0.05, 0) is 49.2 Å². The van der Waals surface area contributed by atoms with Gasteiger partial charge in [0.25, 0.3) is 0 Å². The van der Waals surface area contributed by atoms with Gasteiger partial charge in [-0.2, -0.15) is 0 Å². The van der Waals surface area contributed by atoms with Crippen molar-refractivity contribution in [2.45, 2.75) is 44.9 Å². The van der Waals surface area contributed by atoms with E-state index in [2.05, 4.69) is 26.2 Å². The van der Waals surface area contributed by atoms with Crippen LogP contribution >= 0.6 is 39.1 Å². The van der Waals surface area contributed by atoms with Gasteiger partial charge in [0.1, 0.15) is 16.8 Å². The maximum Gasteiger partial charge on any atom is 0.410 e. The van der Waals surface area contributed by atoms with Crippen LogP contribution in [0, 0.1) is 21.8 Å². The number of fused-ring (bicyclic) bond motifs is 2. The second kappa shape index (κ2) is 7.60. The Balaban J connectivity index is 1.73. The minimum atomic E-state index is -0.769. The molecule has 3 unspecified atom stereocenters. The maximum atomic E-state index is 14.8. The Bertz CT molecular complexity index is 1130. The molecule has 3 fully saturated rings. The third kappa shape index (κ3) is 3.78. The normalized spacial score (nSPS) is 22.4. The molecule has 8 nitrogen and oxygen atoms in total. The number of aromatic nitrogens is 1. The van der Waals surface area contributed by atoms with Crippen LogP contribution in [0.5, 0.6) is 0 Å². The first-order valence-electron chi connectivity index (χ1n) is 9.46. The van der Waals surface area contributed by atoms with Crippen LogP contribution in [0.15, 0.2) is 10.5 Å². The van der Waals surface area contributed by atoms with E-state index in [1.807, 2.05) is 0 Å². The first kappa shape index (κ1) is 22.3. The number of nitro groups is 1. The number of carbonyl (C=O) groups excluding carboxylic acids is 1. The molecular weight excluding hydrogens is 518 g/mol. The predicted molar refractivity (Wildman–Crippen MR) is 118 cm³/mol. The molecule has 5 rings (SSSR count). The fourth-order valence-electron chi connectivity index (χ4n) is 4.11. The van der Waals surface area contributed by atoms with Crippen LogP contribution in [-0.4, -0.2) is 45.1 Å². The number of amides is 1. The van der Waals surface area contributed by atoms with Crippen LogP contribution in [0.1, 0.15) is 27.2 Å². The highest BCUT2D eigenvalue weighted by Gasteiger charge is 2.55. The molecule has 1 aromatic heterocycles. The minimum absolute atomic E-state index is 0.00940. The van der Waals surface area contributed by atoms with Crippen LogP contribution in [0.25, 0.3) is 10.9 Å². The third-order valence-corrected chi connectivity index (χ3v) is 7.03. The van der Waals surface area contributed by atoms with Crippen LogP contribution in [0.2, 0.25) is 10.2 Å². The molecule has 3 aliphatic rings. The highest BCUT2D eigenvalue weighted by Crippen LogP contribution is 2.47. The highest BCUT2D eigenvalue weighted by atomic mass is 79.9. The van der Waals surface area contributed by atoms with E-state index in [1.165, 1.54) is 6.07 Å². The average Bonchev–Trinajstić information content (AvgIpc) is 3.23.